The number of carbonyl (C=O) groups is 3. The second-order valence-electron chi connectivity index (χ2n) is 10.9. The van der Waals surface area contributed by atoms with Gasteiger partial charge in [-0.3, -0.25) is 14.4 Å². The van der Waals surface area contributed by atoms with Crippen LogP contribution < -0.4 is 5.32 Å². The van der Waals surface area contributed by atoms with Crippen molar-refractivity contribution in [2.24, 2.45) is 11.3 Å². The highest BCUT2D eigenvalue weighted by Gasteiger charge is 2.49. The fourth-order valence-electron chi connectivity index (χ4n) is 6.56. The molecule has 2 aliphatic carbocycles. The quantitative estimate of drug-likeness (QED) is 0.582. The minimum Gasteiger partial charge on any atom is -0.349 e. The number of H-pyrrole nitrogens is 1. The van der Waals surface area contributed by atoms with Gasteiger partial charge in [0.25, 0.3) is 5.91 Å². The molecule has 3 fully saturated rings. The average Bonchev–Trinajstić information content (AvgIpc) is 3.48. The lowest BCUT2D eigenvalue weighted by molar-refractivity contribution is -0.127. The number of nitriles is 1. The summed E-state index contributed by atoms with van der Waals surface area (Å²) >= 11 is 6.32. The lowest BCUT2D eigenvalue weighted by Gasteiger charge is -2.32. The zero-order valence-corrected chi connectivity index (χ0v) is 21.3. The number of ketones is 1. The zero-order chi connectivity index (χ0) is 25.3. The first kappa shape index (κ1) is 24.8. The molecule has 1 aromatic carbocycles. The van der Waals surface area contributed by atoms with Crippen LogP contribution in [0.3, 0.4) is 0 Å². The van der Waals surface area contributed by atoms with E-state index in [2.05, 4.69) is 16.4 Å². The predicted molar refractivity (Wildman–Crippen MR) is 137 cm³/mol. The number of rotatable bonds is 5. The second kappa shape index (κ2) is 10.3. The molecule has 3 aliphatic rings. The Labute approximate surface area is 216 Å². The summed E-state index contributed by atoms with van der Waals surface area (Å²) in [6, 6.07) is 8.11. The molecular weight excluding hydrogens is 476 g/mol. The van der Waals surface area contributed by atoms with Crippen molar-refractivity contribution in [3.05, 3.63) is 35.0 Å². The highest BCUT2D eigenvalue weighted by Crippen LogP contribution is 2.47. The highest BCUT2D eigenvalue weighted by molar-refractivity contribution is 6.35. The van der Waals surface area contributed by atoms with Gasteiger partial charge in [0.15, 0.2) is 0 Å². The molecule has 0 radical (unpaired) electrons. The maximum atomic E-state index is 13.7. The van der Waals surface area contributed by atoms with E-state index in [-0.39, 0.29) is 28.9 Å². The summed E-state index contributed by atoms with van der Waals surface area (Å²) < 4.78 is 0. The fraction of sp³-hybridized carbons (Fsp3) is 0.571. The normalized spacial score (nSPS) is 24.6. The van der Waals surface area contributed by atoms with Crippen LogP contribution in [0.15, 0.2) is 24.3 Å². The number of likely N-dealkylation sites (tertiary alicyclic amines) is 1. The van der Waals surface area contributed by atoms with E-state index >= 15 is 0 Å². The summed E-state index contributed by atoms with van der Waals surface area (Å²) in [5.74, 6) is -0.506. The number of nitrogens with one attached hydrogen (secondary N) is 2. The van der Waals surface area contributed by atoms with Crippen LogP contribution in [0.2, 0.25) is 5.02 Å². The van der Waals surface area contributed by atoms with Gasteiger partial charge in [0.1, 0.15) is 23.6 Å². The van der Waals surface area contributed by atoms with Crippen molar-refractivity contribution in [2.45, 2.75) is 82.7 Å². The number of nitrogens with zero attached hydrogens (tertiary/aromatic N) is 2. The van der Waals surface area contributed by atoms with Crippen molar-refractivity contribution in [2.75, 3.05) is 6.54 Å². The van der Waals surface area contributed by atoms with Crippen LogP contribution in [0.4, 0.5) is 0 Å². The van der Waals surface area contributed by atoms with E-state index in [0.717, 1.165) is 50.3 Å². The van der Waals surface area contributed by atoms with Crippen molar-refractivity contribution >= 4 is 40.1 Å². The van der Waals surface area contributed by atoms with Gasteiger partial charge in [-0.2, -0.15) is 5.26 Å². The van der Waals surface area contributed by atoms with Crippen LogP contribution in [0, 0.1) is 22.7 Å². The van der Waals surface area contributed by atoms with Crippen LogP contribution in [0.25, 0.3) is 10.9 Å². The minimum atomic E-state index is -0.740. The summed E-state index contributed by atoms with van der Waals surface area (Å²) in [5, 5.41) is 14.0. The van der Waals surface area contributed by atoms with Crippen LogP contribution in [-0.2, 0) is 9.59 Å². The number of hydrogen-bond donors (Lipinski definition) is 2. The van der Waals surface area contributed by atoms with Crippen LogP contribution in [0.1, 0.15) is 81.1 Å². The van der Waals surface area contributed by atoms with Crippen LogP contribution in [0.5, 0.6) is 0 Å². The van der Waals surface area contributed by atoms with Gasteiger partial charge in [-0.1, -0.05) is 49.4 Å². The number of aromatic nitrogens is 1. The lowest BCUT2D eigenvalue weighted by atomic mass is 9.72. The van der Waals surface area contributed by atoms with Gasteiger partial charge in [0.2, 0.25) is 5.91 Å². The molecule has 1 saturated heterocycles. The van der Waals surface area contributed by atoms with Gasteiger partial charge in [-0.05, 0) is 56.1 Å². The third-order valence-corrected chi connectivity index (χ3v) is 8.81. The molecule has 2 aromatic rings. The Morgan fingerprint density at radius 1 is 1.22 bits per heavy atom. The van der Waals surface area contributed by atoms with Gasteiger partial charge in [-0.15, -0.1) is 0 Å². The van der Waals surface area contributed by atoms with Crippen LogP contribution in [-0.4, -0.2) is 46.1 Å². The van der Waals surface area contributed by atoms with Gasteiger partial charge in [0, 0.05) is 24.3 Å². The van der Waals surface area contributed by atoms with Gasteiger partial charge in [0.05, 0.1) is 16.6 Å². The van der Waals surface area contributed by atoms with E-state index in [1.807, 2.05) is 12.1 Å². The van der Waals surface area contributed by atoms with Gasteiger partial charge >= 0.3 is 0 Å². The van der Waals surface area contributed by atoms with Gasteiger partial charge in [-0.25, -0.2) is 0 Å². The number of hydrogen-bond acceptors (Lipinski definition) is 4. The molecule has 3 unspecified atom stereocenters. The van der Waals surface area contributed by atoms with E-state index in [1.165, 1.54) is 6.42 Å². The summed E-state index contributed by atoms with van der Waals surface area (Å²) in [4.78, 5) is 44.5. The molecule has 1 spiro atoms. The number of halogens is 1. The van der Waals surface area contributed by atoms with Crippen molar-refractivity contribution in [1.29, 1.82) is 5.26 Å². The number of carbonyl (C=O) groups excluding carboxylic acids is 3. The highest BCUT2D eigenvalue weighted by atomic mass is 35.5. The largest absolute Gasteiger partial charge is 0.349 e. The molecule has 8 heteroatoms. The van der Waals surface area contributed by atoms with Crippen molar-refractivity contribution in [3.63, 3.8) is 0 Å². The number of para-hydroxylation sites is 1. The molecule has 2 heterocycles. The van der Waals surface area contributed by atoms with Crippen molar-refractivity contribution in [1.82, 2.24) is 15.2 Å². The average molecular weight is 509 g/mol. The maximum Gasteiger partial charge on any atom is 0.271 e. The Bertz CT molecular complexity index is 1210. The number of benzene rings is 1. The van der Waals surface area contributed by atoms with E-state index < -0.39 is 12.1 Å². The third-order valence-electron chi connectivity index (χ3n) is 8.50. The third kappa shape index (κ3) is 4.88. The minimum absolute atomic E-state index is 0.0684. The zero-order valence-electron chi connectivity index (χ0n) is 20.5. The Hall–Kier alpha value is -2.85. The first-order chi connectivity index (χ1) is 17.4. The standard InChI is InChI=1S/C28H33ClN4O3/c29-21-9-6-8-19-14-22(32-25(19)21)27(36)33-17-28(11-4-1-5-12-28)15-23(33)26(35)31-20(16-30)13-18-7-2-3-10-24(18)34/h6,8-9,14,18,20,23,32H,1-5,7,10-13,15,17H2,(H,31,35). The van der Waals surface area contributed by atoms with E-state index in [9.17, 15) is 19.6 Å². The molecule has 2 saturated carbocycles. The Morgan fingerprint density at radius 3 is 2.75 bits per heavy atom. The summed E-state index contributed by atoms with van der Waals surface area (Å²) in [5.41, 5.74) is 1.05. The summed E-state index contributed by atoms with van der Waals surface area (Å²) in [7, 11) is 0. The Kier molecular flexibility index (Phi) is 7.07. The maximum absolute atomic E-state index is 13.7. The topological polar surface area (TPSA) is 106 Å². The smallest absolute Gasteiger partial charge is 0.271 e. The molecule has 5 rings (SSSR count). The first-order valence-corrected chi connectivity index (χ1v) is 13.6. The molecule has 0 bridgehead atoms. The monoisotopic (exact) mass is 508 g/mol. The summed E-state index contributed by atoms with van der Waals surface area (Å²) in [6.45, 7) is 0.533. The molecule has 1 aromatic heterocycles. The molecule has 7 nitrogen and oxygen atoms in total. The lowest BCUT2D eigenvalue weighted by Crippen LogP contribution is -2.49. The number of Topliss-reactive ketones (excluding diaryl/α,β-unsaturated/α-hetero) is 1. The second-order valence-corrected chi connectivity index (χ2v) is 11.3. The predicted octanol–water partition coefficient (Wildman–Crippen LogP) is 5.14. The number of amides is 2. The molecule has 1 aliphatic heterocycles. The number of fused-ring (bicyclic) bond motifs is 1. The van der Waals surface area contributed by atoms with E-state index in [0.29, 0.717) is 42.0 Å². The fourth-order valence-corrected chi connectivity index (χ4v) is 6.79. The molecule has 2 N–H and O–H groups in total. The molecule has 190 valence electrons. The van der Waals surface area contributed by atoms with Crippen molar-refractivity contribution < 1.29 is 14.4 Å². The first-order valence-electron chi connectivity index (χ1n) is 13.2. The molecule has 36 heavy (non-hydrogen) atoms. The SMILES string of the molecule is N#CC(CC1CCCCC1=O)NC(=O)C1CC2(CCCCC2)CN1C(=O)c1cc2cccc(Cl)c2[nH]1. The van der Waals surface area contributed by atoms with Crippen molar-refractivity contribution in [3.8, 4) is 6.07 Å². The van der Waals surface area contributed by atoms with E-state index in [1.54, 1.807) is 17.0 Å². The van der Waals surface area contributed by atoms with Gasteiger partial charge < -0.3 is 15.2 Å². The molecular formula is C28H33ClN4O3. The number of aromatic amines is 1. The Morgan fingerprint density at radius 2 is 2.03 bits per heavy atom. The molecule has 3 atom stereocenters. The summed E-state index contributed by atoms with van der Waals surface area (Å²) in [6.07, 6.45) is 9.52. The Balaban J connectivity index is 1.37. The molecule has 2 amide bonds. The van der Waals surface area contributed by atoms with Crippen LogP contribution >= 0.6 is 11.6 Å². The van der Waals surface area contributed by atoms with E-state index in [4.69, 9.17) is 11.6 Å².